The van der Waals surface area contributed by atoms with Gasteiger partial charge in [-0.2, -0.15) is 0 Å². The van der Waals surface area contributed by atoms with Gasteiger partial charge in [-0.05, 0) is 12.1 Å². The van der Waals surface area contributed by atoms with Crippen molar-refractivity contribution in [1.29, 1.82) is 0 Å². The predicted molar refractivity (Wildman–Crippen MR) is 107 cm³/mol. The van der Waals surface area contributed by atoms with E-state index in [-0.39, 0.29) is 70.6 Å². The lowest BCUT2D eigenvalue weighted by molar-refractivity contribution is -0.870. The van der Waals surface area contributed by atoms with E-state index in [4.69, 9.17) is 21.2 Å². The van der Waals surface area contributed by atoms with Crippen LogP contribution < -0.4 is 80.0 Å². The number of hydrogen-bond donors (Lipinski definition) is 4. The van der Waals surface area contributed by atoms with Crippen LogP contribution in [0.4, 0.5) is 0 Å². The molecule has 0 saturated carbocycles. The van der Waals surface area contributed by atoms with E-state index >= 15 is 0 Å². The molecule has 1 aromatic rings. The predicted octanol–water partition coefficient (Wildman–Crippen LogP) is -6.93. The van der Waals surface area contributed by atoms with Crippen LogP contribution in [0.2, 0.25) is 0 Å². The second-order valence-electron chi connectivity index (χ2n) is 8.52. The molecule has 6 N–H and O–H groups in total. The minimum atomic E-state index is -0.545. The van der Waals surface area contributed by atoms with Crippen LogP contribution >= 0.6 is 0 Å². The lowest BCUT2D eigenvalue weighted by Gasteiger charge is -2.25. The zero-order valence-electron chi connectivity index (χ0n) is 18.4. The molecule has 0 aliphatic carbocycles. The zero-order valence-corrected chi connectivity index (χ0v) is 22.7. The highest BCUT2D eigenvalue weighted by atomic mass is 127. The summed E-state index contributed by atoms with van der Waals surface area (Å²) in [5.41, 5.74) is 4.54. The zero-order chi connectivity index (χ0) is 21.5. The Morgan fingerprint density at radius 1 is 0.767 bits per heavy atom. The highest BCUT2D eigenvalue weighted by Crippen LogP contribution is 2.29. The van der Waals surface area contributed by atoms with Crippen molar-refractivity contribution in [2.75, 3.05) is 68.6 Å². The van der Waals surface area contributed by atoms with Crippen LogP contribution in [0.1, 0.15) is 20.7 Å². The molecular weight excluding hydrogens is 618 g/mol. The molecule has 174 valence electrons. The van der Waals surface area contributed by atoms with Gasteiger partial charge in [0, 0.05) is 0 Å². The van der Waals surface area contributed by atoms with Gasteiger partial charge in [-0.3, -0.25) is 20.4 Å². The Labute approximate surface area is 212 Å². The van der Waals surface area contributed by atoms with Gasteiger partial charge in [0.15, 0.2) is 0 Å². The number of amides is 2. The maximum atomic E-state index is 12.2. The SMILES string of the molecule is C[N+](C)(C)CCOc1cc(C(=O)NN)c(OCC[N+](C)(C)C)cc1C(=O)NN.[I-].[I-]. The highest BCUT2D eigenvalue weighted by Gasteiger charge is 2.22. The Bertz CT molecular complexity index is 645. The van der Waals surface area contributed by atoms with E-state index in [1.54, 1.807) is 0 Å². The third kappa shape index (κ3) is 10.9. The largest absolute Gasteiger partial charge is 1.00 e. The van der Waals surface area contributed by atoms with Gasteiger partial charge in [-0.15, -0.1) is 0 Å². The van der Waals surface area contributed by atoms with Crippen LogP contribution in [-0.4, -0.2) is 89.4 Å². The van der Waals surface area contributed by atoms with E-state index in [9.17, 15) is 9.59 Å². The number of likely N-dealkylation sites (N-methyl/N-ethyl adjacent to an activating group) is 2. The summed E-state index contributed by atoms with van der Waals surface area (Å²) in [5, 5.41) is 0. The maximum Gasteiger partial charge on any atom is 0.269 e. The number of ether oxygens (including phenoxy) is 2. The number of nitrogen functional groups attached to an aromatic ring is 2. The average molecular weight is 652 g/mol. The quantitative estimate of drug-likeness (QED) is 0.0655. The first kappa shape index (κ1) is 31.2. The second kappa shape index (κ2) is 13.5. The Morgan fingerprint density at radius 2 is 1.07 bits per heavy atom. The third-order valence-corrected chi connectivity index (χ3v) is 3.87. The Morgan fingerprint density at radius 3 is 1.30 bits per heavy atom. The maximum absolute atomic E-state index is 12.2. The van der Waals surface area contributed by atoms with Crippen molar-refractivity contribution in [3.05, 3.63) is 23.3 Å². The first-order chi connectivity index (χ1) is 12.9. The lowest BCUT2D eigenvalue weighted by atomic mass is 10.1. The Hall–Kier alpha value is -0.940. The number of hydrazine groups is 2. The number of halogens is 2. The van der Waals surface area contributed by atoms with E-state index < -0.39 is 11.8 Å². The van der Waals surface area contributed by atoms with Crippen molar-refractivity contribution in [3.8, 4) is 11.5 Å². The van der Waals surface area contributed by atoms with Crippen LogP contribution in [0.15, 0.2) is 12.1 Å². The fourth-order valence-electron chi connectivity index (χ4n) is 2.17. The number of quaternary nitrogens is 2. The van der Waals surface area contributed by atoms with Gasteiger partial charge in [0.05, 0.1) is 53.4 Å². The van der Waals surface area contributed by atoms with Crippen molar-refractivity contribution in [1.82, 2.24) is 10.9 Å². The van der Waals surface area contributed by atoms with Crippen molar-refractivity contribution in [2.24, 2.45) is 11.7 Å². The number of rotatable bonds is 10. The number of nitrogens with zero attached hydrogens (tertiary/aromatic N) is 2. The Balaban J connectivity index is 0. The van der Waals surface area contributed by atoms with Crippen LogP contribution in [0, 0.1) is 0 Å². The van der Waals surface area contributed by atoms with Gasteiger partial charge < -0.3 is 66.4 Å². The minimum absolute atomic E-state index is 0. The summed E-state index contributed by atoms with van der Waals surface area (Å²) in [6.07, 6.45) is 0. The summed E-state index contributed by atoms with van der Waals surface area (Å²) in [7, 11) is 12.1. The Kier molecular flexibility index (Phi) is 14.0. The molecule has 0 unspecified atom stereocenters. The van der Waals surface area contributed by atoms with Crippen molar-refractivity contribution in [2.45, 2.75) is 0 Å². The van der Waals surface area contributed by atoms with E-state index in [2.05, 4.69) is 10.9 Å². The molecule has 10 nitrogen and oxygen atoms in total. The molecule has 0 radical (unpaired) electrons. The lowest BCUT2D eigenvalue weighted by Crippen LogP contribution is -3.00. The molecule has 0 aliphatic heterocycles. The molecule has 30 heavy (non-hydrogen) atoms. The average Bonchev–Trinajstić information content (AvgIpc) is 2.58. The van der Waals surface area contributed by atoms with E-state index in [0.717, 1.165) is 0 Å². The first-order valence-corrected chi connectivity index (χ1v) is 8.94. The van der Waals surface area contributed by atoms with Crippen molar-refractivity contribution in [3.63, 3.8) is 0 Å². The van der Waals surface area contributed by atoms with Gasteiger partial charge in [0.1, 0.15) is 37.8 Å². The topological polar surface area (TPSA) is 129 Å². The molecule has 0 aliphatic rings. The molecule has 0 heterocycles. The highest BCUT2D eigenvalue weighted by molar-refractivity contribution is 6.02. The summed E-state index contributed by atoms with van der Waals surface area (Å²) in [6.45, 7) is 2.09. The molecule has 0 bridgehead atoms. The molecule has 0 atom stereocenters. The number of hydrogen-bond acceptors (Lipinski definition) is 6. The summed E-state index contributed by atoms with van der Waals surface area (Å²) in [6, 6.07) is 2.90. The molecule has 12 heteroatoms. The van der Waals surface area contributed by atoms with Crippen LogP contribution in [0.3, 0.4) is 0 Å². The molecule has 0 spiro atoms. The summed E-state index contributed by atoms with van der Waals surface area (Å²) in [5.74, 6) is 9.97. The molecular formula is C18H34I2N6O4. The van der Waals surface area contributed by atoms with E-state index in [1.807, 2.05) is 42.3 Å². The van der Waals surface area contributed by atoms with Crippen LogP contribution in [0.25, 0.3) is 0 Å². The van der Waals surface area contributed by atoms with Gasteiger partial charge >= 0.3 is 0 Å². The number of nitrogens with two attached hydrogens (primary N) is 2. The van der Waals surface area contributed by atoms with Crippen molar-refractivity contribution >= 4 is 11.8 Å². The van der Waals surface area contributed by atoms with Crippen LogP contribution in [-0.2, 0) is 0 Å². The smallest absolute Gasteiger partial charge is 0.269 e. The number of nitrogens with one attached hydrogen (secondary N) is 2. The molecule has 0 aromatic heterocycles. The van der Waals surface area contributed by atoms with Crippen molar-refractivity contribution < 1.29 is 76.0 Å². The monoisotopic (exact) mass is 652 g/mol. The first-order valence-electron chi connectivity index (χ1n) is 8.94. The minimum Gasteiger partial charge on any atom is -1.00 e. The number of carbonyl (C=O) groups is 2. The fraction of sp³-hybridized carbons (Fsp3) is 0.556. The molecule has 1 aromatic carbocycles. The fourth-order valence-corrected chi connectivity index (χ4v) is 2.17. The van der Waals surface area contributed by atoms with Gasteiger partial charge in [0.2, 0.25) is 0 Å². The standard InChI is InChI=1S/C18H32N6O4.2HI/c1-23(2,3)7-9-27-15-11-14(18(26)22-20)16(12-13(15)17(25)21-19)28-10-8-24(4,5)6;;/h11-12H,7-10H2,1-6H3,(H4-2,19,20,21,22,25,26);2*1H. The number of benzene rings is 1. The molecule has 1 rings (SSSR count). The molecule has 2 amide bonds. The van der Waals surface area contributed by atoms with Gasteiger partial charge in [0.25, 0.3) is 11.8 Å². The second-order valence-corrected chi connectivity index (χ2v) is 8.52. The molecule has 0 fully saturated rings. The summed E-state index contributed by atoms with van der Waals surface area (Å²) in [4.78, 5) is 24.5. The molecule has 0 saturated heterocycles. The van der Waals surface area contributed by atoms with Gasteiger partial charge in [-0.1, -0.05) is 0 Å². The summed E-state index contributed by atoms with van der Waals surface area (Å²) < 4.78 is 12.9. The normalized spacial score (nSPS) is 10.9. The van der Waals surface area contributed by atoms with E-state index in [0.29, 0.717) is 35.3 Å². The number of carbonyl (C=O) groups excluding carboxylic acids is 2. The van der Waals surface area contributed by atoms with Gasteiger partial charge in [-0.25, -0.2) is 11.7 Å². The van der Waals surface area contributed by atoms with Crippen LogP contribution in [0.5, 0.6) is 11.5 Å². The third-order valence-electron chi connectivity index (χ3n) is 3.87. The van der Waals surface area contributed by atoms with E-state index in [1.165, 1.54) is 12.1 Å². The summed E-state index contributed by atoms with van der Waals surface area (Å²) >= 11 is 0.